The summed E-state index contributed by atoms with van der Waals surface area (Å²) in [4.78, 5) is 16.8. The van der Waals surface area contributed by atoms with Crippen molar-refractivity contribution >= 4 is 49.9 Å². The monoisotopic (exact) mass is 355 g/mol. The van der Waals surface area contributed by atoms with Gasteiger partial charge in [-0.1, -0.05) is 35.1 Å². The third kappa shape index (κ3) is 3.60. The summed E-state index contributed by atoms with van der Waals surface area (Å²) in [5, 5.41) is 6.61. The van der Waals surface area contributed by atoms with Gasteiger partial charge in [0.2, 0.25) is 0 Å². The number of aryl methyl sites for hydroxylation is 3. The molecule has 24 heavy (non-hydrogen) atoms. The quantitative estimate of drug-likeness (QED) is 0.671. The SMILES string of the molecule is Cc1ccc(C(=O)NC(=S)Nc2nc3ccc(C)cc3s2)c(C)c1. The standard InChI is InChI=1S/C18H17N3OS2/c1-10-4-6-13(12(3)8-10)16(22)20-17(23)21-18-19-14-7-5-11(2)9-15(14)24-18/h4-9H,1-3H3,(H2,19,20,21,22,23). The average Bonchev–Trinajstić information content (AvgIpc) is 2.87. The van der Waals surface area contributed by atoms with Crippen molar-refractivity contribution in [2.75, 3.05) is 5.32 Å². The minimum absolute atomic E-state index is 0.220. The maximum Gasteiger partial charge on any atom is 0.257 e. The molecule has 1 aromatic heterocycles. The van der Waals surface area contributed by atoms with Gasteiger partial charge in [0.1, 0.15) is 0 Å². The number of carbonyl (C=O) groups is 1. The van der Waals surface area contributed by atoms with Crippen LogP contribution in [0.15, 0.2) is 36.4 Å². The van der Waals surface area contributed by atoms with Crippen LogP contribution in [0.3, 0.4) is 0 Å². The molecular weight excluding hydrogens is 338 g/mol. The van der Waals surface area contributed by atoms with E-state index in [0.717, 1.165) is 21.3 Å². The van der Waals surface area contributed by atoms with Gasteiger partial charge in [-0.25, -0.2) is 4.98 Å². The largest absolute Gasteiger partial charge is 0.308 e. The molecule has 3 rings (SSSR count). The molecule has 2 aromatic carbocycles. The van der Waals surface area contributed by atoms with Crippen LogP contribution in [0.2, 0.25) is 0 Å². The number of carbonyl (C=O) groups excluding carboxylic acids is 1. The van der Waals surface area contributed by atoms with E-state index in [0.29, 0.717) is 10.7 Å². The number of anilines is 1. The number of rotatable bonds is 2. The first kappa shape index (κ1) is 16.5. The molecular formula is C18H17N3OS2. The maximum absolute atomic E-state index is 12.3. The highest BCUT2D eigenvalue weighted by Crippen LogP contribution is 2.26. The lowest BCUT2D eigenvalue weighted by molar-refractivity contribution is 0.0977. The van der Waals surface area contributed by atoms with Gasteiger partial charge >= 0.3 is 0 Å². The molecule has 1 amide bonds. The molecule has 0 atom stereocenters. The van der Waals surface area contributed by atoms with E-state index in [1.807, 2.05) is 51.1 Å². The van der Waals surface area contributed by atoms with Gasteiger partial charge in [0.15, 0.2) is 10.2 Å². The number of thiazole rings is 1. The molecule has 0 bridgehead atoms. The van der Waals surface area contributed by atoms with Gasteiger partial charge in [0, 0.05) is 5.56 Å². The zero-order valence-corrected chi connectivity index (χ0v) is 15.3. The third-order valence-electron chi connectivity index (χ3n) is 3.62. The Hall–Kier alpha value is -2.31. The summed E-state index contributed by atoms with van der Waals surface area (Å²) in [6.45, 7) is 5.95. The Kier molecular flexibility index (Phi) is 4.59. The van der Waals surface area contributed by atoms with Gasteiger partial charge < -0.3 is 5.32 Å². The lowest BCUT2D eigenvalue weighted by Gasteiger charge is -2.09. The smallest absolute Gasteiger partial charge is 0.257 e. The molecule has 3 aromatic rings. The van der Waals surface area contributed by atoms with Crippen molar-refractivity contribution in [2.24, 2.45) is 0 Å². The van der Waals surface area contributed by atoms with E-state index < -0.39 is 0 Å². The fourth-order valence-corrected chi connectivity index (χ4v) is 3.67. The van der Waals surface area contributed by atoms with Crippen molar-refractivity contribution in [3.05, 3.63) is 58.7 Å². The zero-order chi connectivity index (χ0) is 17.3. The molecule has 122 valence electrons. The first-order chi connectivity index (χ1) is 11.4. The second-order valence-corrected chi connectivity index (χ2v) is 7.16. The van der Waals surface area contributed by atoms with E-state index in [1.165, 1.54) is 16.9 Å². The normalized spacial score (nSPS) is 10.6. The molecule has 0 radical (unpaired) electrons. The lowest BCUT2D eigenvalue weighted by Crippen LogP contribution is -2.34. The number of hydrogen-bond acceptors (Lipinski definition) is 4. The van der Waals surface area contributed by atoms with E-state index in [9.17, 15) is 4.79 Å². The maximum atomic E-state index is 12.3. The van der Waals surface area contributed by atoms with Crippen molar-refractivity contribution in [1.82, 2.24) is 10.3 Å². The Labute approximate surface area is 149 Å². The van der Waals surface area contributed by atoms with Crippen LogP contribution in [0, 0.1) is 20.8 Å². The molecule has 2 N–H and O–H groups in total. The van der Waals surface area contributed by atoms with Crippen LogP contribution in [0.25, 0.3) is 10.2 Å². The number of hydrogen-bond donors (Lipinski definition) is 2. The van der Waals surface area contributed by atoms with E-state index in [2.05, 4.69) is 21.7 Å². The number of amides is 1. The topological polar surface area (TPSA) is 54.0 Å². The van der Waals surface area contributed by atoms with Gasteiger partial charge in [-0.3, -0.25) is 10.1 Å². The predicted molar refractivity (Wildman–Crippen MR) is 104 cm³/mol. The summed E-state index contributed by atoms with van der Waals surface area (Å²) in [6.07, 6.45) is 0. The Bertz CT molecular complexity index is 947. The highest BCUT2D eigenvalue weighted by atomic mass is 32.1. The molecule has 4 nitrogen and oxygen atoms in total. The van der Waals surface area contributed by atoms with Crippen molar-refractivity contribution in [3.63, 3.8) is 0 Å². The lowest BCUT2D eigenvalue weighted by atomic mass is 10.1. The van der Waals surface area contributed by atoms with E-state index >= 15 is 0 Å². The minimum Gasteiger partial charge on any atom is -0.308 e. The van der Waals surface area contributed by atoms with Crippen LogP contribution in [0.5, 0.6) is 0 Å². The molecule has 0 fully saturated rings. The average molecular weight is 355 g/mol. The third-order valence-corrected chi connectivity index (χ3v) is 4.76. The number of nitrogens with zero attached hydrogens (tertiary/aromatic N) is 1. The molecule has 0 aliphatic rings. The second kappa shape index (κ2) is 6.67. The van der Waals surface area contributed by atoms with Crippen molar-refractivity contribution in [3.8, 4) is 0 Å². The molecule has 0 aliphatic heterocycles. The summed E-state index contributed by atoms with van der Waals surface area (Å²) in [5.74, 6) is -0.220. The summed E-state index contributed by atoms with van der Waals surface area (Å²) in [7, 11) is 0. The van der Waals surface area contributed by atoms with Crippen LogP contribution >= 0.6 is 23.6 Å². The van der Waals surface area contributed by atoms with Crippen LogP contribution in [0.4, 0.5) is 5.13 Å². The van der Waals surface area contributed by atoms with E-state index in [4.69, 9.17) is 12.2 Å². The Morgan fingerprint density at radius 1 is 1.08 bits per heavy atom. The van der Waals surface area contributed by atoms with Crippen LogP contribution in [-0.4, -0.2) is 16.0 Å². The van der Waals surface area contributed by atoms with Gasteiger partial charge in [0.05, 0.1) is 10.2 Å². The Morgan fingerprint density at radius 3 is 2.54 bits per heavy atom. The molecule has 1 heterocycles. The van der Waals surface area contributed by atoms with Gasteiger partial charge in [0.25, 0.3) is 5.91 Å². The van der Waals surface area contributed by atoms with Crippen LogP contribution < -0.4 is 10.6 Å². The highest BCUT2D eigenvalue weighted by molar-refractivity contribution is 7.80. The van der Waals surface area contributed by atoms with Gasteiger partial charge in [-0.15, -0.1) is 0 Å². The molecule has 0 aliphatic carbocycles. The Balaban J connectivity index is 1.71. The summed E-state index contributed by atoms with van der Waals surface area (Å²) in [5.41, 5.74) is 4.75. The van der Waals surface area contributed by atoms with Crippen LogP contribution in [0.1, 0.15) is 27.0 Å². The molecule has 0 spiro atoms. The number of benzene rings is 2. The van der Waals surface area contributed by atoms with Crippen molar-refractivity contribution in [2.45, 2.75) is 20.8 Å². The minimum atomic E-state index is -0.220. The molecule has 0 saturated heterocycles. The fraction of sp³-hybridized carbons (Fsp3) is 0.167. The predicted octanol–water partition coefficient (Wildman–Crippen LogP) is 4.35. The zero-order valence-electron chi connectivity index (χ0n) is 13.6. The van der Waals surface area contributed by atoms with Gasteiger partial charge in [-0.05, 0) is 62.3 Å². The number of nitrogens with one attached hydrogen (secondary N) is 2. The number of aromatic nitrogens is 1. The van der Waals surface area contributed by atoms with Crippen molar-refractivity contribution in [1.29, 1.82) is 0 Å². The fourth-order valence-electron chi connectivity index (χ4n) is 2.45. The van der Waals surface area contributed by atoms with Gasteiger partial charge in [-0.2, -0.15) is 0 Å². The van der Waals surface area contributed by atoms with Crippen LogP contribution in [-0.2, 0) is 0 Å². The first-order valence-corrected chi connectivity index (χ1v) is 8.71. The van der Waals surface area contributed by atoms with E-state index in [-0.39, 0.29) is 11.0 Å². The summed E-state index contributed by atoms with van der Waals surface area (Å²) < 4.78 is 1.08. The van der Waals surface area contributed by atoms with Crippen molar-refractivity contribution < 1.29 is 4.79 Å². The molecule has 6 heteroatoms. The summed E-state index contributed by atoms with van der Waals surface area (Å²) >= 11 is 6.74. The highest BCUT2D eigenvalue weighted by Gasteiger charge is 2.12. The Morgan fingerprint density at radius 2 is 1.79 bits per heavy atom. The molecule has 0 unspecified atom stereocenters. The number of fused-ring (bicyclic) bond motifs is 1. The number of thiocarbonyl (C=S) groups is 1. The molecule has 0 saturated carbocycles. The summed E-state index contributed by atoms with van der Waals surface area (Å²) in [6, 6.07) is 11.8. The first-order valence-electron chi connectivity index (χ1n) is 7.49. The van der Waals surface area contributed by atoms with E-state index in [1.54, 1.807) is 0 Å². The second-order valence-electron chi connectivity index (χ2n) is 5.72.